The molecule has 0 bridgehead atoms. The van der Waals surface area contributed by atoms with Crippen molar-refractivity contribution in [2.75, 3.05) is 6.54 Å². The molecule has 1 aliphatic rings. The normalized spacial score (nSPS) is 20.6. The number of aromatic nitrogens is 2. The Hall–Kier alpha value is -1.49. The van der Waals surface area contributed by atoms with Gasteiger partial charge in [-0.05, 0) is 25.8 Å². The number of hydrogen-bond donors (Lipinski definition) is 1. The third-order valence-electron chi connectivity index (χ3n) is 3.35. The van der Waals surface area contributed by atoms with Gasteiger partial charge in [-0.15, -0.1) is 0 Å². The van der Waals surface area contributed by atoms with Crippen molar-refractivity contribution < 1.29 is 9.90 Å². The molecule has 1 N–H and O–H groups in total. The van der Waals surface area contributed by atoms with E-state index in [9.17, 15) is 4.79 Å². The largest absolute Gasteiger partial charge is 0.478 e. The Morgan fingerprint density at radius 3 is 3.18 bits per heavy atom. The topological polar surface area (TPSA) is 66.3 Å². The predicted molar refractivity (Wildman–Crippen MR) is 62.7 cm³/mol. The van der Waals surface area contributed by atoms with Crippen LogP contribution in [-0.4, -0.2) is 38.5 Å². The quantitative estimate of drug-likeness (QED) is 0.857. The molecule has 0 aliphatic carbocycles. The number of carbonyl (C=O) groups is 1. The van der Waals surface area contributed by atoms with Crippen LogP contribution in [0, 0.1) is 0 Å². The van der Waals surface area contributed by atoms with Crippen molar-refractivity contribution in [3.8, 4) is 0 Å². The second kappa shape index (κ2) is 5.23. The molecule has 0 amide bonds. The van der Waals surface area contributed by atoms with Crippen molar-refractivity contribution in [1.82, 2.24) is 14.9 Å². The van der Waals surface area contributed by atoms with Crippen LogP contribution in [0.15, 0.2) is 12.5 Å². The molecule has 92 valence electrons. The molecule has 2 rings (SSSR count). The van der Waals surface area contributed by atoms with Crippen LogP contribution in [0.4, 0.5) is 0 Å². The first kappa shape index (κ1) is 12.0. The van der Waals surface area contributed by atoms with Gasteiger partial charge in [0.1, 0.15) is 11.9 Å². The van der Waals surface area contributed by atoms with Crippen molar-refractivity contribution in [2.45, 2.75) is 38.8 Å². The van der Waals surface area contributed by atoms with Crippen molar-refractivity contribution >= 4 is 5.97 Å². The molecule has 1 atom stereocenters. The van der Waals surface area contributed by atoms with E-state index in [4.69, 9.17) is 5.11 Å². The lowest BCUT2D eigenvalue weighted by atomic mass is 10.1. The summed E-state index contributed by atoms with van der Waals surface area (Å²) in [6.07, 6.45) is 6.28. The number of likely N-dealkylation sites (tertiary alicyclic amines) is 1. The Balaban J connectivity index is 2.15. The van der Waals surface area contributed by atoms with Gasteiger partial charge in [-0.3, -0.25) is 4.90 Å². The van der Waals surface area contributed by atoms with Gasteiger partial charge in [0.25, 0.3) is 0 Å². The van der Waals surface area contributed by atoms with Gasteiger partial charge >= 0.3 is 5.97 Å². The van der Waals surface area contributed by atoms with Crippen molar-refractivity contribution in [2.24, 2.45) is 0 Å². The van der Waals surface area contributed by atoms with Crippen LogP contribution in [0.3, 0.4) is 0 Å². The Bertz CT molecular complexity index is 408. The van der Waals surface area contributed by atoms with Gasteiger partial charge in [0.15, 0.2) is 0 Å². The molecule has 2 heterocycles. The Kier molecular flexibility index (Phi) is 3.68. The van der Waals surface area contributed by atoms with Crippen LogP contribution in [-0.2, 0) is 6.54 Å². The summed E-state index contributed by atoms with van der Waals surface area (Å²) in [4.78, 5) is 21.2. The second-order valence-electron chi connectivity index (χ2n) is 4.36. The summed E-state index contributed by atoms with van der Waals surface area (Å²) in [7, 11) is 0. The van der Waals surface area contributed by atoms with Crippen LogP contribution < -0.4 is 0 Å². The molecule has 0 spiro atoms. The minimum Gasteiger partial charge on any atom is -0.478 e. The Morgan fingerprint density at radius 2 is 2.47 bits per heavy atom. The van der Waals surface area contributed by atoms with Crippen molar-refractivity contribution in [3.63, 3.8) is 0 Å². The summed E-state index contributed by atoms with van der Waals surface area (Å²) in [6.45, 7) is 3.81. The molecular formula is C12H17N3O2. The molecule has 1 unspecified atom stereocenters. The van der Waals surface area contributed by atoms with E-state index in [1.165, 1.54) is 25.4 Å². The summed E-state index contributed by atoms with van der Waals surface area (Å²) in [5, 5.41) is 9.06. The molecule has 1 saturated heterocycles. The molecule has 0 aromatic carbocycles. The van der Waals surface area contributed by atoms with Gasteiger partial charge in [0.05, 0.1) is 5.69 Å². The highest BCUT2D eigenvalue weighted by Gasteiger charge is 2.24. The van der Waals surface area contributed by atoms with Crippen LogP contribution in [0.25, 0.3) is 0 Å². The van der Waals surface area contributed by atoms with Crippen molar-refractivity contribution in [1.29, 1.82) is 0 Å². The number of rotatable bonds is 4. The zero-order valence-electron chi connectivity index (χ0n) is 9.96. The monoisotopic (exact) mass is 235 g/mol. The molecular weight excluding hydrogens is 218 g/mol. The number of aromatic carboxylic acids is 1. The van der Waals surface area contributed by atoms with E-state index in [1.54, 1.807) is 0 Å². The molecule has 17 heavy (non-hydrogen) atoms. The summed E-state index contributed by atoms with van der Waals surface area (Å²) < 4.78 is 0. The van der Waals surface area contributed by atoms with Gasteiger partial charge in [-0.25, -0.2) is 14.8 Å². The maximum atomic E-state index is 11.0. The highest BCUT2D eigenvalue weighted by atomic mass is 16.4. The fraction of sp³-hybridized carbons (Fsp3) is 0.583. The fourth-order valence-electron chi connectivity index (χ4n) is 2.42. The number of carboxylic acids is 1. The highest BCUT2D eigenvalue weighted by Crippen LogP contribution is 2.22. The minimum atomic E-state index is -0.951. The Morgan fingerprint density at radius 1 is 1.65 bits per heavy atom. The first-order chi connectivity index (χ1) is 8.22. The van der Waals surface area contributed by atoms with E-state index < -0.39 is 5.97 Å². The minimum absolute atomic E-state index is 0.217. The van der Waals surface area contributed by atoms with E-state index in [1.807, 2.05) is 0 Å². The maximum absolute atomic E-state index is 11.0. The average Bonchev–Trinajstić information content (AvgIpc) is 2.77. The molecule has 0 saturated carbocycles. The molecule has 1 aromatic rings. The van der Waals surface area contributed by atoms with E-state index in [2.05, 4.69) is 21.8 Å². The van der Waals surface area contributed by atoms with Crippen LogP contribution in [0.5, 0.6) is 0 Å². The summed E-state index contributed by atoms with van der Waals surface area (Å²) >= 11 is 0. The van der Waals surface area contributed by atoms with Gasteiger partial charge in [0.2, 0.25) is 0 Å². The summed E-state index contributed by atoms with van der Waals surface area (Å²) in [5.41, 5.74) is 0.835. The lowest BCUT2D eigenvalue weighted by Gasteiger charge is -2.23. The maximum Gasteiger partial charge on any atom is 0.339 e. The average molecular weight is 235 g/mol. The predicted octanol–water partition coefficient (Wildman–Crippen LogP) is 1.55. The number of nitrogens with zero attached hydrogens (tertiary/aromatic N) is 3. The smallest absolute Gasteiger partial charge is 0.339 e. The SMILES string of the molecule is CCC1CCCN1Cc1ncncc1C(=O)O. The van der Waals surface area contributed by atoms with E-state index in [0.717, 1.165) is 13.0 Å². The third kappa shape index (κ3) is 2.61. The zero-order chi connectivity index (χ0) is 12.3. The highest BCUT2D eigenvalue weighted by molar-refractivity contribution is 5.88. The van der Waals surface area contributed by atoms with Crippen LogP contribution >= 0.6 is 0 Å². The number of hydrogen-bond acceptors (Lipinski definition) is 4. The fourth-order valence-corrected chi connectivity index (χ4v) is 2.42. The zero-order valence-corrected chi connectivity index (χ0v) is 9.96. The van der Waals surface area contributed by atoms with E-state index in [0.29, 0.717) is 18.3 Å². The van der Waals surface area contributed by atoms with Gasteiger partial charge < -0.3 is 5.11 Å². The lowest BCUT2D eigenvalue weighted by Crippen LogP contribution is -2.29. The van der Waals surface area contributed by atoms with E-state index >= 15 is 0 Å². The van der Waals surface area contributed by atoms with Crippen LogP contribution in [0.1, 0.15) is 42.2 Å². The van der Waals surface area contributed by atoms with Crippen LogP contribution in [0.2, 0.25) is 0 Å². The first-order valence-electron chi connectivity index (χ1n) is 5.98. The van der Waals surface area contributed by atoms with Crippen molar-refractivity contribution in [3.05, 3.63) is 23.8 Å². The molecule has 1 aliphatic heterocycles. The molecule has 1 aromatic heterocycles. The van der Waals surface area contributed by atoms with E-state index in [-0.39, 0.29) is 5.56 Å². The first-order valence-corrected chi connectivity index (χ1v) is 5.98. The molecule has 5 nitrogen and oxygen atoms in total. The molecule has 1 fully saturated rings. The second-order valence-corrected chi connectivity index (χ2v) is 4.36. The lowest BCUT2D eigenvalue weighted by molar-refractivity contribution is 0.0693. The molecule has 5 heteroatoms. The van der Waals surface area contributed by atoms with Gasteiger partial charge in [0, 0.05) is 18.8 Å². The Labute approximate surface area is 100 Å². The third-order valence-corrected chi connectivity index (χ3v) is 3.35. The number of carboxylic acid groups (broad SMARTS) is 1. The summed E-state index contributed by atoms with van der Waals surface area (Å²) in [6, 6.07) is 0.562. The van der Waals surface area contributed by atoms with Gasteiger partial charge in [-0.1, -0.05) is 6.92 Å². The molecule has 0 radical (unpaired) electrons. The standard InChI is InChI=1S/C12H17N3O2/c1-2-9-4-3-5-15(9)7-11-10(12(16)17)6-13-8-14-11/h6,8-9H,2-5,7H2,1H3,(H,16,17). The summed E-state index contributed by atoms with van der Waals surface area (Å²) in [5.74, 6) is -0.951. The van der Waals surface area contributed by atoms with Gasteiger partial charge in [-0.2, -0.15) is 0 Å².